The van der Waals surface area contributed by atoms with Gasteiger partial charge in [0.15, 0.2) is 11.5 Å². The summed E-state index contributed by atoms with van der Waals surface area (Å²) in [6.45, 7) is 2.65. The molecule has 0 fully saturated rings. The van der Waals surface area contributed by atoms with Gasteiger partial charge in [-0.3, -0.25) is 0 Å². The molecule has 0 saturated carbocycles. The quantitative estimate of drug-likeness (QED) is 0.830. The summed E-state index contributed by atoms with van der Waals surface area (Å²) in [7, 11) is 0. The van der Waals surface area contributed by atoms with Crippen molar-refractivity contribution in [3.05, 3.63) is 59.4 Å². The lowest BCUT2D eigenvalue weighted by atomic mass is 10.1. The van der Waals surface area contributed by atoms with Crippen LogP contribution in [0.25, 0.3) is 0 Å². The van der Waals surface area contributed by atoms with Crippen LogP contribution in [0.15, 0.2) is 42.5 Å². The largest absolute Gasteiger partial charge is 0.490 e. The Kier molecular flexibility index (Phi) is 5.11. The Morgan fingerprint density at radius 2 is 1.81 bits per heavy atom. The number of rotatable bonds is 6. The van der Waals surface area contributed by atoms with Crippen molar-refractivity contribution in [3.63, 3.8) is 0 Å². The van der Waals surface area contributed by atoms with Gasteiger partial charge in [-0.15, -0.1) is 0 Å². The first-order valence-corrected chi connectivity index (χ1v) is 6.95. The zero-order valence-corrected chi connectivity index (χ0v) is 12.5. The van der Waals surface area contributed by atoms with E-state index >= 15 is 0 Å². The average molecular weight is 305 g/mol. The minimum absolute atomic E-state index is 0.158. The SMILES string of the molecule is CCOc1ccccc1OCc1cc(F)cc(C(N)=S)c1. The van der Waals surface area contributed by atoms with E-state index in [9.17, 15) is 4.39 Å². The third-order valence-electron chi connectivity index (χ3n) is 2.79. The maximum absolute atomic E-state index is 13.5. The predicted octanol–water partition coefficient (Wildman–Crippen LogP) is 3.44. The molecule has 0 unspecified atom stereocenters. The second kappa shape index (κ2) is 7.04. The van der Waals surface area contributed by atoms with Crippen molar-refractivity contribution >= 4 is 17.2 Å². The van der Waals surface area contributed by atoms with Crippen LogP contribution >= 0.6 is 12.2 Å². The fourth-order valence-corrected chi connectivity index (χ4v) is 2.00. The number of benzene rings is 2. The maximum Gasteiger partial charge on any atom is 0.161 e. The van der Waals surface area contributed by atoms with E-state index in [1.54, 1.807) is 12.1 Å². The second-order valence-electron chi connectivity index (χ2n) is 4.38. The summed E-state index contributed by atoms with van der Waals surface area (Å²) in [6.07, 6.45) is 0. The van der Waals surface area contributed by atoms with Crippen molar-refractivity contribution in [1.29, 1.82) is 0 Å². The van der Waals surface area contributed by atoms with Crippen LogP contribution in [0.3, 0.4) is 0 Å². The van der Waals surface area contributed by atoms with Crippen LogP contribution in [0, 0.1) is 5.82 Å². The highest BCUT2D eigenvalue weighted by molar-refractivity contribution is 7.80. The first-order valence-electron chi connectivity index (χ1n) is 6.54. The number of hydrogen-bond donors (Lipinski definition) is 1. The monoisotopic (exact) mass is 305 g/mol. The molecule has 2 rings (SSSR count). The zero-order valence-electron chi connectivity index (χ0n) is 11.6. The lowest BCUT2D eigenvalue weighted by Crippen LogP contribution is -2.10. The van der Waals surface area contributed by atoms with Crippen molar-refractivity contribution in [2.24, 2.45) is 5.73 Å². The molecule has 0 heterocycles. The molecule has 0 radical (unpaired) electrons. The van der Waals surface area contributed by atoms with Crippen molar-refractivity contribution in [2.45, 2.75) is 13.5 Å². The van der Waals surface area contributed by atoms with E-state index in [0.29, 0.717) is 29.2 Å². The van der Waals surface area contributed by atoms with E-state index in [1.807, 2.05) is 25.1 Å². The van der Waals surface area contributed by atoms with Crippen molar-refractivity contribution < 1.29 is 13.9 Å². The Morgan fingerprint density at radius 3 is 2.43 bits per heavy atom. The molecule has 2 aromatic carbocycles. The summed E-state index contributed by atoms with van der Waals surface area (Å²) >= 11 is 4.86. The first-order chi connectivity index (χ1) is 10.1. The van der Waals surface area contributed by atoms with Gasteiger partial charge in [-0.1, -0.05) is 24.4 Å². The van der Waals surface area contributed by atoms with Gasteiger partial charge in [-0.2, -0.15) is 0 Å². The molecule has 0 aliphatic heterocycles. The number of para-hydroxylation sites is 2. The van der Waals surface area contributed by atoms with Gasteiger partial charge >= 0.3 is 0 Å². The molecule has 2 N–H and O–H groups in total. The standard InChI is InChI=1S/C16H16FNO2S/c1-2-19-14-5-3-4-6-15(14)20-10-11-7-12(16(18)21)9-13(17)8-11/h3-9H,2,10H2,1H3,(H2,18,21). The highest BCUT2D eigenvalue weighted by Crippen LogP contribution is 2.27. The van der Waals surface area contributed by atoms with Gasteiger partial charge in [0.1, 0.15) is 17.4 Å². The smallest absolute Gasteiger partial charge is 0.161 e. The molecule has 3 nitrogen and oxygen atoms in total. The summed E-state index contributed by atoms with van der Waals surface area (Å²) in [6, 6.07) is 11.8. The Bertz CT molecular complexity index is 646. The van der Waals surface area contributed by atoms with Crippen LogP contribution in [0.2, 0.25) is 0 Å². The number of ether oxygens (including phenoxy) is 2. The Labute approximate surface area is 128 Å². The van der Waals surface area contributed by atoms with Crippen molar-refractivity contribution in [2.75, 3.05) is 6.61 Å². The van der Waals surface area contributed by atoms with Gasteiger partial charge in [0.2, 0.25) is 0 Å². The highest BCUT2D eigenvalue weighted by Gasteiger charge is 2.07. The van der Waals surface area contributed by atoms with Crippen LogP contribution < -0.4 is 15.2 Å². The fraction of sp³-hybridized carbons (Fsp3) is 0.188. The number of halogens is 1. The van der Waals surface area contributed by atoms with E-state index in [4.69, 9.17) is 27.4 Å². The normalized spacial score (nSPS) is 10.2. The summed E-state index contributed by atoms with van der Waals surface area (Å²) in [5.41, 5.74) is 6.67. The molecule has 0 aromatic heterocycles. The molecule has 0 atom stereocenters. The first kappa shape index (κ1) is 15.3. The minimum Gasteiger partial charge on any atom is -0.490 e. The maximum atomic E-state index is 13.5. The Balaban J connectivity index is 2.15. The van der Waals surface area contributed by atoms with E-state index in [2.05, 4.69) is 0 Å². The fourth-order valence-electron chi connectivity index (χ4n) is 1.88. The van der Waals surface area contributed by atoms with Crippen molar-refractivity contribution in [1.82, 2.24) is 0 Å². The molecule has 110 valence electrons. The van der Waals surface area contributed by atoms with Crippen LogP contribution in [-0.2, 0) is 6.61 Å². The van der Waals surface area contributed by atoms with E-state index in [-0.39, 0.29) is 11.6 Å². The van der Waals surface area contributed by atoms with Crippen LogP contribution in [0.5, 0.6) is 11.5 Å². The third kappa shape index (κ3) is 4.16. The summed E-state index contributed by atoms with van der Waals surface area (Å²) < 4.78 is 24.7. The molecular weight excluding hydrogens is 289 g/mol. The van der Waals surface area contributed by atoms with Gasteiger partial charge < -0.3 is 15.2 Å². The molecule has 0 saturated heterocycles. The van der Waals surface area contributed by atoms with Gasteiger partial charge in [-0.05, 0) is 42.8 Å². The molecular formula is C16H16FNO2S. The van der Waals surface area contributed by atoms with Crippen molar-refractivity contribution in [3.8, 4) is 11.5 Å². The van der Waals surface area contributed by atoms with Gasteiger partial charge in [0.05, 0.1) is 6.61 Å². The van der Waals surface area contributed by atoms with E-state index in [1.165, 1.54) is 12.1 Å². The zero-order chi connectivity index (χ0) is 15.2. The number of hydrogen-bond acceptors (Lipinski definition) is 3. The van der Waals surface area contributed by atoms with E-state index in [0.717, 1.165) is 0 Å². The lowest BCUT2D eigenvalue weighted by molar-refractivity contribution is 0.269. The van der Waals surface area contributed by atoms with Gasteiger partial charge in [0, 0.05) is 5.56 Å². The minimum atomic E-state index is -0.392. The topological polar surface area (TPSA) is 44.5 Å². The molecule has 0 aliphatic rings. The Hall–Kier alpha value is -2.14. The molecule has 5 heteroatoms. The predicted molar refractivity (Wildman–Crippen MR) is 84.2 cm³/mol. The van der Waals surface area contributed by atoms with Crippen LogP contribution in [0.1, 0.15) is 18.1 Å². The molecule has 21 heavy (non-hydrogen) atoms. The molecule has 0 aliphatic carbocycles. The van der Waals surface area contributed by atoms with Gasteiger partial charge in [-0.25, -0.2) is 4.39 Å². The molecule has 0 amide bonds. The number of nitrogens with two attached hydrogens (primary N) is 1. The Morgan fingerprint density at radius 1 is 1.14 bits per heavy atom. The molecule has 0 bridgehead atoms. The average Bonchev–Trinajstić information content (AvgIpc) is 2.46. The summed E-state index contributed by atoms with van der Waals surface area (Å²) in [4.78, 5) is 0.158. The molecule has 0 spiro atoms. The second-order valence-corrected chi connectivity index (χ2v) is 4.82. The molecule has 2 aromatic rings. The van der Waals surface area contributed by atoms with E-state index < -0.39 is 5.82 Å². The van der Waals surface area contributed by atoms with Gasteiger partial charge in [0.25, 0.3) is 0 Å². The number of thiocarbonyl (C=S) groups is 1. The van der Waals surface area contributed by atoms with Crippen LogP contribution in [-0.4, -0.2) is 11.6 Å². The lowest BCUT2D eigenvalue weighted by Gasteiger charge is -2.12. The summed E-state index contributed by atoms with van der Waals surface area (Å²) in [5.74, 6) is 0.878. The third-order valence-corrected chi connectivity index (χ3v) is 3.02. The highest BCUT2D eigenvalue weighted by atomic mass is 32.1. The van der Waals surface area contributed by atoms with Crippen LogP contribution in [0.4, 0.5) is 4.39 Å². The summed E-state index contributed by atoms with van der Waals surface area (Å²) in [5, 5.41) is 0.